The summed E-state index contributed by atoms with van der Waals surface area (Å²) in [5.41, 5.74) is 3.10. The Labute approximate surface area is 157 Å². The molecule has 138 valence electrons. The number of nitrogens with zero attached hydrogens (tertiary/aromatic N) is 2. The molecule has 1 aromatic heterocycles. The molecule has 4 rings (SSSR count). The number of benzene rings is 2. The smallest absolute Gasteiger partial charge is 0.257 e. The van der Waals surface area contributed by atoms with Gasteiger partial charge in [-0.1, -0.05) is 19.1 Å². The van der Waals surface area contributed by atoms with Gasteiger partial charge < -0.3 is 9.88 Å². The normalized spacial score (nSPS) is 13.5. The maximum absolute atomic E-state index is 12.6. The molecule has 1 saturated carbocycles. The van der Waals surface area contributed by atoms with Crippen LogP contribution in [0.3, 0.4) is 0 Å². The Kier molecular flexibility index (Phi) is 4.62. The zero-order valence-electron chi connectivity index (χ0n) is 15.2. The summed E-state index contributed by atoms with van der Waals surface area (Å²) in [5, 5.41) is 5.79. The fourth-order valence-corrected chi connectivity index (χ4v) is 3.09. The van der Waals surface area contributed by atoms with Crippen molar-refractivity contribution in [2.24, 2.45) is 5.92 Å². The molecule has 0 aliphatic heterocycles. The number of nitrogens with one attached hydrogen (secondary N) is 2. The van der Waals surface area contributed by atoms with Crippen LogP contribution in [0, 0.1) is 5.92 Å². The van der Waals surface area contributed by atoms with E-state index in [1.54, 1.807) is 24.3 Å². The standard InChI is InChI=1S/C21H22N4O2/c1-2-13-25-18-6-4-3-5-17(18)23-21(25)24-20(27)15-9-11-16(12-10-15)22-19(26)14-7-8-14/h3-6,9-12,14H,2,7-8,13H2,1H3,(H,22,26)(H,23,24,27). The van der Waals surface area contributed by atoms with Crippen LogP contribution >= 0.6 is 0 Å². The van der Waals surface area contributed by atoms with Gasteiger partial charge >= 0.3 is 0 Å². The van der Waals surface area contributed by atoms with Gasteiger partial charge in [0, 0.05) is 23.7 Å². The van der Waals surface area contributed by atoms with Crippen LogP contribution in [0.25, 0.3) is 11.0 Å². The third kappa shape index (κ3) is 3.69. The maximum atomic E-state index is 12.6. The van der Waals surface area contributed by atoms with E-state index >= 15 is 0 Å². The predicted molar refractivity (Wildman–Crippen MR) is 106 cm³/mol. The van der Waals surface area contributed by atoms with Gasteiger partial charge in [0.15, 0.2) is 0 Å². The topological polar surface area (TPSA) is 76.0 Å². The Morgan fingerprint density at radius 2 is 1.81 bits per heavy atom. The molecule has 1 aliphatic carbocycles. The number of aryl methyl sites for hydroxylation is 1. The molecule has 2 amide bonds. The third-order valence-electron chi connectivity index (χ3n) is 4.69. The van der Waals surface area contributed by atoms with Crippen molar-refractivity contribution in [1.82, 2.24) is 9.55 Å². The minimum atomic E-state index is -0.220. The van der Waals surface area contributed by atoms with Crippen LogP contribution in [0.1, 0.15) is 36.5 Å². The predicted octanol–water partition coefficient (Wildman–Crippen LogP) is 4.05. The number of amides is 2. The highest BCUT2D eigenvalue weighted by molar-refractivity contribution is 6.04. The Hall–Kier alpha value is -3.15. The van der Waals surface area contributed by atoms with Crippen LogP contribution in [0.15, 0.2) is 48.5 Å². The van der Waals surface area contributed by atoms with E-state index in [-0.39, 0.29) is 17.7 Å². The molecule has 1 aliphatic rings. The second-order valence-electron chi connectivity index (χ2n) is 6.87. The number of rotatable bonds is 6. The average molecular weight is 362 g/mol. The number of carbonyl (C=O) groups is 2. The number of imidazole rings is 1. The van der Waals surface area contributed by atoms with E-state index in [9.17, 15) is 9.59 Å². The molecule has 6 nitrogen and oxygen atoms in total. The van der Waals surface area contributed by atoms with Gasteiger partial charge in [0.2, 0.25) is 11.9 Å². The van der Waals surface area contributed by atoms with Crippen LogP contribution in [0.5, 0.6) is 0 Å². The fourth-order valence-electron chi connectivity index (χ4n) is 3.09. The first-order valence-electron chi connectivity index (χ1n) is 9.33. The lowest BCUT2D eigenvalue weighted by Crippen LogP contribution is -2.16. The molecule has 0 spiro atoms. The second kappa shape index (κ2) is 7.23. The summed E-state index contributed by atoms with van der Waals surface area (Å²) in [5.74, 6) is 0.539. The fraction of sp³-hybridized carbons (Fsp3) is 0.286. The van der Waals surface area contributed by atoms with Gasteiger partial charge in [-0.15, -0.1) is 0 Å². The van der Waals surface area contributed by atoms with Crippen molar-refractivity contribution in [2.75, 3.05) is 10.6 Å². The van der Waals surface area contributed by atoms with E-state index in [0.29, 0.717) is 17.2 Å². The summed E-state index contributed by atoms with van der Waals surface area (Å²) in [6.45, 7) is 2.87. The van der Waals surface area contributed by atoms with E-state index in [2.05, 4.69) is 22.5 Å². The quantitative estimate of drug-likeness (QED) is 0.695. The van der Waals surface area contributed by atoms with E-state index in [1.165, 1.54) is 0 Å². The Bertz CT molecular complexity index is 987. The molecule has 1 heterocycles. The van der Waals surface area contributed by atoms with Crippen molar-refractivity contribution < 1.29 is 9.59 Å². The van der Waals surface area contributed by atoms with Gasteiger partial charge in [-0.25, -0.2) is 4.98 Å². The van der Waals surface area contributed by atoms with Gasteiger partial charge in [-0.2, -0.15) is 0 Å². The van der Waals surface area contributed by atoms with Gasteiger partial charge in [-0.3, -0.25) is 14.9 Å². The van der Waals surface area contributed by atoms with Crippen LogP contribution in [-0.2, 0) is 11.3 Å². The zero-order chi connectivity index (χ0) is 18.8. The van der Waals surface area contributed by atoms with E-state index in [0.717, 1.165) is 36.8 Å². The summed E-state index contributed by atoms with van der Waals surface area (Å²) in [6, 6.07) is 14.8. The van der Waals surface area contributed by atoms with Gasteiger partial charge in [0.05, 0.1) is 11.0 Å². The lowest BCUT2D eigenvalue weighted by atomic mass is 10.2. The van der Waals surface area contributed by atoms with Crippen molar-refractivity contribution in [1.29, 1.82) is 0 Å². The molecule has 0 saturated heterocycles. The molecule has 6 heteroatoms. The average Bonchev–Trinajstić information content (AvgIpc) is 3.47. The van der Waals surface area contributed by atoms with Crippen LogP contribution in [0.4, 0.5) is 11.6 Å². The molecule has 2 aromatic carbocycles. The number of aromatic nitrogens is 2. The minimum Gasteiger partial charge on any atom is -0.326 e. The first-order chi connectivity index (χ1) is 13.2. The van der Waals surface area contributed by atoms with Crippen molar-refractivity contribution in [3.63, 3.8) is 0 Å². The highest BCUT2D eigenvalue weighted by Gasteiger charge is 2.29. The highest BCUT2D eigenvalue weighted by atomic mass is 16.2. The second-order valence-corrected chi connectivity index (χ2v) is 6.87. The minimum absolute atomic E-state index is 0.0560. The molecule has 1 fully saturated rings. The lowest BCUT2D eigenvalue weighted by molar-refractivity contribution is -0.117. The summed E-state index contributed by atoms with van der Waals surface area (Å²) in [4.78, 5) is 29.0. The summed E-state index contributed by atoms with van der Waals surface area (Å²) in [6.07, 6.45) is 2.87. The molecule has 0 unspecified atom stereocenters. The summed E-state index contributed by atoms with van der Waals surface area (Å²) in [7, 11) is 0. The molecule has 0 atom stereocenters. The number of para-hydroxylation sites is 2. The number of hydrogen-bond donors (Lipinski definition) is 2. The van der Waals surface area contributed by atoms with Gasteiger partial charge in [0.1, 0.15) is 0 Å². The lowest BCUT2D eigenvalue weighted by Gasteiger charge is -2.09. The van der Waals surface area contributed by atoms with Crippen LogP contribution in [-0.4, -0.2) is 21.4 Å². The van der Waals surface area contributed by atoms with Crippen LogP contribution in [0.2, 0.25) is 0 Å². The number of anilines is 2. The van der Waals surface area contributed by atoms with Gasteiger partial charge in [-0.05, 0) is 55.7 Å². The monoisotopic (exact) mass is 362 g/mol. The Morgan fingerprint density at radius 3 is 2.52 bits per heavy atom. The molecule has 0 bridgehead atoms. The third-order valence-corrected chi connectivity index (χ3v) is 4.69. The van der Waals surface area contributed by atoms with E-state index in [4.69, 9.17) is 0 Å². The van der Waals surface area contributed by atoms with E-state index < -0.39 is 0 Å². The van der Waals surface area contributed by atoms with Crippen molar-refractivity contribution >= 4 is 34.5 Å². The molecule has 27 heavy (non-hydrogen) atoms. The summed E-state index contributed by atoms with van der Waals surface area (Å²) < 4.78 is 2.03. The maximum Gasteiger partial charge on any atom is 0.257 e. The van der Waals surface area contributed by atoms with Crippen molar-refractivity contribution in [3.05, 3.63) is 54.1 Å². The zero-order valence-corrected chi connectivity index (χ0v) is 15.2. The molecule has 0 radical (unpaired) electrons. The van der Waals surface area contributed by atoms with Crippen molar-refractivity contribution in [2.45, 2.75) is 32.7 Å². The number of carbonyl (C=O) groups excluding carboxylic acids is 2. The highest BCUT2D eigenvalue weighted by Crippen LogP contribution is 2.30. The molecule has 3 aromatic rings. The Morgan fingerprint density at radius 1 is 1.07 bits per heavy atom. The van der Waals surface area contributed by atoms with E-state index in [1.807, 2.05) is 28.8 Å². The summed E-state index contributed by atoms with van der Waals surface area (Å²) >= 11 is 0. The Balaban J connectivity index is 1.51. The number of hydrogen-bond acceptors (Lipinski definition) is 3. The van der Waals surface area contributed by atoms with Crippen LogP contribution < -0.4 is 10.6 Å². The largest absolute Gasteiger partial charge is 0.326 e. The molecular weight excluding hydrogens is 340 g/mol. The SMILES string of the molecule is CCCn1c(NC(=O)c2ccc(NC(=O)C3CC3)cc2)nc2ccccc21. The van der Waals surface area contributed by atoms with Gasteiger partial charge in [0.25, 0.3) is 5.91 Å². The number of fused-ring (bicyclic) bond motifs is 1. The molecular formula is C21H22N4O2. The first kappa shape index (κ1) is 17.3. The van der Waals surface area contributed by atoms with Crippen molar-refractivity contribution in [3.8, 4) is 0 Å². The molecule has 2 N–H and O–H groups in total. The first-order valence-corrected chi connectivity index (χ1v) is 9.33.